The predicted molar refractivity (Wildman–Crippen MR) is 91.8 cm³/mol. The molecule has 5 nitrogen and oxygen atoms in total. The van der Waals surface area contributed by atoms with E-state index in [0.29, 0.717) is 12.3 Å². The minimum atomic E-state index is -0.238. The van der Waals surface area contributed by atoms with Gasteiger partial charge in [-0.05, 0) is 43.5 Å². The summed E-state index contributed by atoms with van der Waals surface area (Å²) in [5, 5.41) is 0. The topological polar surface area (TPSA) is 55.1 Å². The van der Waals surface area contributed by atoms with Crippen molar-refractivity contribution >= 4 is 5.82 Å². The van der Waals surface area contributed by atoms with E-state index < -0.39 is 0 Å². The van der Waals surface area contributed by atoms with E-state index in [2.05, 4.69) is 19.9 Å². The van der Waals surface area contributed by atoms with Gasteiger partial charge in [0.05, 0.1) is 6.20 Å². The Morgan fingerprint density at radius 2 is 2.20 bits per heavy atom. The van der Waals surface area contributed by atoms with Crippen molar-refractivity contribution in [2.45, 2.75) is 32.2 Å². The summed E-state index contributed by atoms with van der Waals surface area (Å²) in [4.78, 5) is 15.4. The molecule has 0 N–H and O–H groups in total. The molecule has 1 aliphatic rings. The standard InChI is InChI=1S/C19H19FN4O/c1-13-21-8-7-18(23-13)24-9-3-6-17(24)19-22-12-16(25-19)11-14-4-2-5-15(20)10-14/h2,4-5,7-8,10,12,17H,3,6,9,11H2,1H3. The van der Waals surface area contributed by atoms with Crippen molar-refractivity contribution in [3.63, 3.8) is 0 Å². The molecule has 1 aromatic carbocycles. The molecule has 4 rings (SSSR count). The van der Waals surface area contributed by atoms with Crippen LogP contribution in [0.4, 0.5) is 10.2 Å². The lowest BCUT2D eigenvalue weighted by Gasteiger charge is -2.23. The molecule has 0 radical (unpaired) electrons. The highest BCUT2D eigenvalue weighted by Crippen LogP contribution is 2.35. The number of oxazole rings is 1. The first kappa shape index (κ1) is 15.7. The fourth-order valence-electron chi connectivity index (χ4n) is 3.31. The summed E-state index contributed by atoms with van der Waals surface area (Å²) in [6.45, 7) is 2.81. The molecule has 25 heavy (non-hydrogen) atoms. The molecule has 1 unspecified atom stereocenters. The zero-order chi connectivity index (χ0) is 17.2. The lowest BCUT2D eigenvalue weighted by Crippen LogP contribution is -2.24. The van der Waals surface area contributed by atoms with Crippen molar-refractivity contribution in [3.8, 4) is 0 Å². The number of nitrogens with zero attached hydrogens (tertiary/aromatic N) is 4. The largest absolute Gasteiger partial charge is 0.443 e. The van der Waals surface area contributed by atoms with Gasteiger partial charge in [-0.1, -0.05) is 12.1 Å². The first-order valence-corrected chi connectivity index (χ1v) is 8.44. The number of halogens is 1. The molecule has 6 heteroatoms. The summed E-state index contributed by atoms with van der Waals surface area (Å²) in [5.74, 6) is 2.85. The SMILES string of the molecule is Cc1nccc(N2CCCC2c2ncc(Cc3cccc(F)c3)o2)n1. The lowest BCUT2D eigenvalue weighted by molar-refractivity contribution is 0.424. The second kappa shape index (κ2) is 6.63. The fourth-order valence-corrected chi connectivity index (χ4v) is 3.31. The van der Waals surface area contributed by atoms with Gasteiger partial charge in [-0.3, -0.25) is 0 Å². The molecule has 0 aliphatic carbocycles. The highest BCUT2D eigenvalue weighted by atomic mass is 19.1. The van der Waals surface area contributed by atoms with Gasteiger partial charge in [0, 0.05) is 19.2 Å². The van der Waals surface area contributed by atoms with Gasteiger partial charge in [-0.15, -0.1) is 0 Å². The fraction of sp³-hybridized carbons (Fsp3) is 0.316. The van der Waals surface area contributed by atoms with Gasteiger partial charge in [0.2, 0.25) is 5.89 Å². The Labute approximate surface area is 145 Å². The summed E-state index contributed by atoms with van der Waals surface area (Å²) in [6.07, 6.45) is 6.09. The maximum atomic E-state index is 13.3. The van der Waals surface area contributed by atoms with Gasteiger partial charge >= 0.3 is 0 Å². The van der Waals surface area contributed by atoms with Crippen LogP contribution >= 0.6 is 0 Å². The normalized spacial score (nSPS) is 17.2. The number of benzene rings is 1. The van der Waals surface area contributed by atoms with Crippen molar-refractivity contribution < 1.29 is 8.81 Å². The van der Waals surface area contributed by atoms with Crippen LogP contribution in [-0.2, 0) is 6.42 Å². The molecule has 128 valence electrons. The molecule has 2 aromatic heterocycles. The molecule has 0 saturated carbocycles. The molecule has 3 aromatic rings. The average Bonchev–Trinajstić information content (AvgIpc) is 3.23. The monoisotopic (exact) mass is 338 g/mol. The minimum absolute atomic E-state index is 0.0792. The van der Waals surface area contributed by atoms with Crippen molar-refractivity contribution in [3.05, 3.63) is 71.6 Å². The first-order chi connectivity index (χ1) is 12.2. The third-order valence-corrected chi connectivity index (χ3v) is 4.43. The van der Waals surface area contributed by atoms with Crippen LogP contribution in [-0.4, -0.2) is 21.5 Å². The summed E-state index contributed by atoms with van der Waals surface area (Å²) < 4.78 is 19.3. The number of anilines is 1. The summed E-state index contributed by atoms with van der Waals surface area (Å²) in [7, 11) is 0. The highest BCUT2D eigenvalue weighted by molar-refractivity contribution is 5.41. The van der Waals surface area contributed by atoms with E-state index >= 15 is 0 Å². The van der Waals surface area contributed by atoms with Crippen LogP contribution in [0.5, 0.6) is 0 Å². The van der Waals surface area contributed by atoms with Crippen LogP contribution in [0.3, 0.4) is 0 Å². The van der Waals surface area contributed by atoms with E-state index in [4.69, 9.17) is 4.42 Å². The molecular weight excluding hydrogens is 319 g/mol. The number of rotatable bonds is 4. The van der Waals surface area contributed by atoms with Crippen LogP contribution in [0, 0.1) is 12.7 Å². The zero-order valence-corrected chi connectivity index (χ0v) is 14.0. The molecular formula is C19H19FN4O. The third-order valence-electron chi connectivity index (χ3n) is 4.43. The van der Waals surface area contributed by atoms with E-state index in [1.165, 1.54) is 12.1 Å². The summed E-state index contributed by atoms with van der Waals surface area (Å²) in [6, 6.07) is 8.55. The van der Waals surface area contributed by atoms with Crippen LogP contribution in [0.2, 0.25) is 0 Å². The molecule has 1 aliphatic heterocycles. The van der Waals surface area contributed by atoms with Crippen molar-refractivity contribution in [2.75, 3.05) is 11.4 Å². The van der Waals surface area contributed by atoms with Crippen LogP contribution < -0.4 is 4.90 Å². The molecule has 0 spiro atoms. The quantitative estimate of drug-likeness (QED) is 0.723. The summed E-state index contributed by atoms with van der Waals surface area (Å²) >= 11 is 0. The van der Waals surface area contributed by atoms with E-state index in [9.17, 15) is 4.39 Å². The van der Waals surface area contributed by atoms with Gasteiger partial charge in [0.25, 0.3) is 0 Å². The summed E-state index contributed by atoms with van der Waals surface area (Å²) in [5.41, 5.74) is 0.873. The van der Waals surface area contributed by atoms with Crippen molar-refractivity contribution in [2.24, 2.45) is 0 Å². The van der Waals surface area contributed by atoms with Crippen LogP contribution in [0.15, 0.2) is 47.1 Å². The van der Waals surface area contributed by atoms with Crippen molar-refractivity contribution in [1.29, 1.82) is 0 Å². The van der Waals surface area contributed by atoms with Gasteiger partial charge < -0.3 is 9.32 Å². The lowest BCUT2D eigenvalue weighted by atomic mass is 10.1. The molecule has 1 atom stereocenters. The van der Waals surface area contributed by atoms with E-state index in [0.717, 1.165) is 42.4 Å². The second-order valence-corrected chi connectivity index (χ2v) is 6.28. The first-order valence-electron chi connectivity index (χ1n) is 8.44. The smallest absolute Gasteiger partial charge is 0.217 e. The van der Waals surface area contributed by atoms with Crippen molar-refractivity contribution in [1.82, 2.24) is 15.0 Å². The molecule has 1 saturated heterocycles. The predicted octanol–water partition coefficient (Wildman–Crippen LogP) is 3.84. The highest BCUT2D eigenvalue weighted by Gasteiger charge is 2.31. The maximum Gasteiger partial charge on any atom is 0.217 e. The number of aromatic nitrogens is 3. The Morgan fingerprint density at radius 1 is 1.28 bits per heavy atom. The van der Waals surface area contributed by atoms with Crippen LogP contribution in [0.25, 0.3) is 0 Å². The average molecular weight is 338 g/mol. The van der Waals surface area contributed by atoms with Gasteiger partial charge in [-0.25, -0.2) is 19.3 Å². The number of aryl methyl sites for hydroxylation is 1. The molecule has 0 amide bonds. The molecule has 1 fully saturated rings. The Hall–Kier alpha value is -2.76. The maximum absolute atomic E-state index is 13.3. The van der Waals surface area contributed by atoms with Gasteiger partial charge in [0.15, 0.2) is 0 Å². The zero-order valence-electron chi connectivity index (χ0n) is 14.0. The van der Waals surface area contributed by atoms with E-state index in [1.54, 1.807) is 18.5 Å². The van der Waals surface area contributed by atoms with E-state index in [-0.39, 0.29) is 11.9 Å². The molecule has 3 heterocycles. The van der Waals surface area contributed by atoms with E-state index in [1.807, 2.05) is 19.1 Å². The van der Waals surface area contributed by atoms with Crippen LogP contribution in [0.1, 0.15) is 41.9 Å². The van der Waals surface area contributed by atoms with Gasteiger partial charge in [0.1, 0.15) is 29.3 Å². The Bertz CT molecular complexity index is 879. The van der Waals surface area contributed by atoms with Gasteiger partial charge in [-0.2, -0.15) is 0 Å². The Balaban J connectivity index is 1.54. The third kappa shape index (κ3) is 3.38. The Morgan fingerprint density at radius 3 is 3.04 bits per heavy atom. The minimum Gasteiger partial charge on any atom is -0.443 e. The second-order valence-electron chi connectivity index (χ2n) is 6.28. The number of hydrogen-bond acceptors (Lipinski definition) is 5. The Kier molecular flexibility index (Phi) is 4.17. The molecule has 0 bridgehead atoms. The number of hydrogen-bond donors (Lipinski definition) is 0.